The molecule has 4 heteroatoms. The molecule has 0 aliphatic carbocycles. The molecule has 1 saturated heterocycles. The highest BCUT2D eigenvalue weighted by molar-refractivity contribution is 5.85. The van der Waals surface area contributed by atoms with E-state index < -0.39 is 0 Å². The normalized spacial score (nSPS) is 19.6. The molecule has 1 aliphatic heterocycles. The van der Waals surface area contributed by atoms with Gasteiger partial charge < -0.3 is 5.32 Å². The van der Waals surface area contributed by atoms with Crippen LogP contribution in [-0.4, -0.2) is 30.6 Å². The molecule has 1 fully saturated rings. The summed E-state index contributed by atoms with van der Waals surface area (Å²) >= 11 is 0. The zero-order valence-electron chi connectivity index (χ0n) is 11.8. The van der Waals surface area contributed by atoms with E-state index in [0.29, 0.717) is 6.04 Å². The second-order valence-electron chi connectivity index (χ2n) is 5.50. The Morgan fingerprint density at radius 1 is 1.21 bits per heavy atom. The second-order valence-corrected chi connectivity index (χ2v) is 5.50. The largest absolute Gasteiger partial charge is 0.311 e. The zero-order valence-corrected chi connectivity index (χ0v) is 13.5. The van der Waals surface area contributed by atoms with Gasteiger partial charge in [0.25, 0.3) is 0 Å². The topological polar surface area (TPSA) is 15.3 Å². The van der Waals surface area contributed by atoms with Crippen molar-refractivity contribution in [2.75, 3.05) is 19.6 Å². The van der Waals surface area contributed by atoms with E-state index in [1.54, 1.807) is 0 Å². The predicted molar refractivity (Wildman–Crippen MR) is 87.5 cm³/mol. The molecule has 1 heterocycles. The highest BCUT2D eigenvalue weighted by atomic mass is 35.5. The predicted octanol–water partition coefficient (Wildman–Crippen LogP) is 3.35. The first kappa shape index (κ1) is 18.7. The minimum atomic E-state index is 0. The van der Waals surface area contributed by atoms with Crippen molar-refractivity contribution < 1.29 is 0 Å². The fourth-order valence-corrected chi connectivity index (χ4v) is 2.61. The lowest BCUT2D eigenvalue weighted by Gasteiger charge is -2.34. The van der Waals surface area contributed by atoms with Gasteiger partial charge in [0.1, 0.15) is 0 Å². The van der Waals surface area contributed by atoms with Crippen molar-refractivity contribution in [2.45, 2.75) is 32.9 Å². The molecule has 19 heavy (non-hydrogen) atoms. The SMILES string of the molecule is CC(C)C[C@H]1CN(Cc2ccccc2)CCN1.Cl.Cl. The molecule has 0 bridgehead atoms. The average molecular weight is 305 g/mol. The van der Waals surface area contributed by atoms with Gasteiger partial charge in [-0.2, -0.15) is 0 Å². The summed E-state index contributed by atoms with van der Waals surface area (Å²) in [5.74, 6) is 0.782. The second kappa shape index (κ2) is 9.60. The van der Waals surface area contributed by atoms with Gasteiger partial charge in [-0.15, -0.1) is 24.8 Å². The van der Waals surface area contributed by atoms with Gasteiger partial charge in [-0.25, -0.2) is 0 Å². The van der Waals surface area contributed by atoms with Gasteiger partial charge in [-0.1, -0.05) is 44.2 Å². The van der Waals surface area contributed by atoms with Gasteiger partial charge in [0, 0.05) is 32.2 Å². The van der Waals surface area contributed by atoms with Crippen molar-refractivity contribution in [1.29, 1.82) is 0 Å². The van der Waals surface area contributed by atoms with E-state index in [1.807, 2.05) is 0 Å². The number of piperazine rings is 1. The molecule has 0 radical (unpaired) electrons. The van der Waals surface area contributed by atoms with Crippen LogP contribution in [0.5, 0.6) is 0 Å². The van der Waals surface area contributed by atoms with Crippen molar-refractivity contribution in [2.24, 2.45) is 5.92 Å². The molecule has 1 aromatic carbocycles. The summed E-state index contributed by atoms with van der Waals surface area (Å²) < 4.78 is 0. The number of nitrogens with zero attached hydrogens (tertiary/aromatic N) is 1. The number of halogens is 2. The first-order valence-electron chi connectivity index (χ1n) is 6.73. The van der Waals surface area contributed by atoms with E-state index in [0.717, 1.165) is 19.0 Å². The molecule has 1 atom stereocenters. The third kappa shape index (κ3) is 6.62. The van der Waals surface area contributed by atoms with Crippen molar-refractivity contribution >= 4 is 24.8 Å². The lowest BCUT2D eigenvalue weighted by atomic mass is 10.0. The van der Waals surface area contributed by atoms with Crippen LogP contribution in [0.2, 0.25) is 0 Å². The fourth-order valence-electron chi connectivity index (χ4n) is 2.61. The van der Waals surface area contributed by atoms with Crippen molar-refractivity contribution in [3.05, 3.63) is 35.9 Å². The number of hydrogen-bond donors (Lipinski definition) is 1. The Labute approximate surface area is 129 Å². The summed E-state index contributed by atoms with van der Waals surface area (Å²) in [6, 6.07) is 11.5. The molecule has 0 amide bonds. The molecule has 0 aromatic heterocycles. The molecule has 1 aromatic rings. The van der Waals surface area contributed by atoms with Gasteiger partial charge in [0.15, 0.2) is 0 Å². The molecular formula is C15H26Cl2N2. The van der Waals surface area contributed by atoms with Gasteiger partial charge >= 0.3 is 0 Å². The van der Waals surface area contributed by atoms with Crippen LogP contribution in [-0.2, 0) is 6.54 Å². The monoisotopic (exact) mass is 304 g/mol. The van der Waals surface area contributed by atoms with Gasteiger partial charge in [-0.05, 0) is 17.9 Å². The van der Waals surface area contributed by atoms with E-state index in [-0.39, 0.29) is 24.8 Å². The Bertz CT molecular complexity index is 330. The summed E-state index contributed by atoms with van der Waals surface area (Å²) in [5, 5.41) is 3.62. The van der Waals surface area contributed by atoms with Gasteiger partial charge in [0.05, 0.1) is 0 Å². The van der Waals surface area contributed by atoms with Crippen LogP contribution < -0.4 is 5.32 Å². The molecule has 2 rings (SSSR count). The quantitative estimate of drug-likeness (QED) is 0.918. The van der Waals surface area contributed by atoms with E-state index in [1.165, 1.54) is 25.1 Å². The Morgan fingerprint density at radius 2 is 1.89 bits per heavy atom. The maximum atomic E-state index is 3.62. The molecule has 1 N–H and O–H groups in total. The maximum absolute atomic E-state index is 3.62. The number of benzene rings is 1. The third-order valence-electron chi connectivity index (χ3n) is 3.34. The Balaban J connectivity index is 0.00000162. The van der Waals surface area contributed by atoms with Crippen LogP contribution in [0, 0.1) is 5.92 Å². The minimum Gasteiger partial charge on any atom is -0.311 e. The van der Waals surface area contributed by atoms with Crippen LogP contribution >= 0.6 is 24.8 Å². The molecule has 2 nitrogen and oxygen atoms in total. The van der Waals surface area contributed by atoms with Crippen molar-refractivity contribution in [3.63, 3.8) is 0 Å². The standard InChI is InChI=1S/C15H24N2.2ClH/c1-13(2)10-15-12-17(9-8-16-15)11-14-6-4-3-5-7-14;;/h3-7,13,15-16H,8-12H2,1-2H3;2*1H/t15-;;/m0../s1. The lowest BCUT2D eigenvalue weighted by molar-refractivity contribution is 0.179. The van der Waals surface area contributed by atoms with Crippen LogP contribution in [0.4, 0.5) is 0 Å². The first-order valence-corrected chi connectivity index (χ1v) is 6.73. The average Bonchev–Trinajstić information content (AvgIpc) is 2.30. The number of nitrogens with one attached hydrogen (secondary N) is 1. The van der Waals surface area contributed by atoms with Gasteiger partial charge in [0.2, 0.25) is 0 Å². The third-order valence-corrected chi connectivity index (χ3v) is 3.34. The summed E-state index contributed by atoms with van der Waals surface area (Å²) in [5.41, 5.74) is 1.43. The highest BCUT2D eigenvalue weighted by Gasteiger charge is 2.19. The van der Waals surface area contributed by atoms with Crippen LogP contribution in [0.3, 0.4) is 0 Å². The summed E-state index contributed by atoms with van der Waals surface area (Å²) in [4.78, 5) is 2.57. The molecule has 0 spiro atoms. The molecule has 1 aliphatic rings. The lowest BCUT2D eigenvalue weighted by Crippen LogP contribution is -2.50. The van der Waals surface area contributed by atoms with Crippen LogP contribution in [0.1, 0.15) is 25.8 Å². The summed E-state index contributed by atoms with van der Waals surface area (Å²) in [6.45, 7) is 9.19. The van der Waals surface area contributed by atoms with Crippen molar-refractivity contribution in [3.8, 4) is 0 Å². The number of rotatable bonds is 4. The zero-order chi connectivity index (χ0) is 12.1. The highest BCUT2D eigenvalue weighted by Crippen LogP contribution is 2.12. The number of hydrogen-bond acceptors (Lipinski definition) is 2. The Morgan fingerprint density at radius 3 is 2.53 bits per heavy atom. The maximum Gasteiger partial charge on any atom is 0.0234 e. The summed E-state index contributed by atoms with van der Waals surface area (Å²) in [7, 11) is 0. The van der Waals surface area contributed by atoms with Crippen LogP contribution in [0.25, 0.3) is 0 Å². The first-order chi connectivity index (χ1) is 8.24. The molecular weight excluding hydrogens is 279 g/mol. The van der Waals surface area contributed by atoms with Crippen molar-refractivity contribution in [1.82, 2.24) is 10.2 Å². The van der Waals surface area contributed by atoms with Crippen LogP contribution in [0.15, 0.2) is 30.3 Å². The summed E-state index contributed by atoms with van der Waals surface area (Å²) in [6.07, 6.45) is 1.28. The molecule has 0 saturated carbocycles. The van der Waals surface area contributed by atoms with E-state index in [2.05, 4.69) is 54.4 Å². The van der Waals surface area contributed by atoms with E-state index >= 15 is 0 Å². The Hall–Kier alpha value is -0.280. The van der Waals surface area contributed by atoms with Gasteiger partial charge in [-0.3, -0.25) is 4.90 Å². The smallest absolute Gasteiger partial charge is 0.0234 e. The minimum absolute atomic E-state index is 0. The van der Waals surface area contributed by atoms with E-state index in [4.69, 9.17) is 0 Å². The van der Waals surface area contributed by atoms with E-state index in [9.17, 15) is 0 Å². The molecule has 110 valence electrons. The fraction of sp³-hybridized carbons (Fsp3) is 0.600. The molecule has 0 unspecified atom stereocenters. The Kier molecular flexibility index (Phi) is 9.46.